The van der Waals surface area contributed by atoms with Crippen LogP contribution in [0.2, 0.25) is 0 Å². The van der Waals surface area contributed by atoms with E-state index in [4.69, 9.17) is 0 Å². The number of likely N-dealkylation sites (tertiary alicyclic amines) is 1. The van der Waals surface area contributed by atoms with Crippen molar-refractivity contribution in [1.82, 2.24) is 14.1 Å². The van der Waals surface area contributed by atoms with E-state index in [9.17, 15) is 23.1 Å². The second-order valence-corrected chi connectivity index (χ2v) is 9.51. The van der Waals surface area contributed by atoms with Crippen LogP contribution in [0.5, 0.6) is 0 Å². The highest BCUT2D eigenvalue weighted by Crippen LogP contribution is 2.28. The third-order valence-electron chi connectivity index (χ3n) is 5.38. The maximum Gasteiger partial charge on any atom is 0.326 e. The van der Waals surface area contributed by atoms with E-state index in [0.717, 1.165) is 6.54 Å². The quantitative estimate of drug-likeness (QED) is 0.715. The Balaban J connectivity index is 1.97. The van der Waals surface area contributed by atoms with E-state index in [0.29, 0.717) is 32.4 Å². The SMILES string of the molecule is CC(C)C(C(=O)O)N(C)C(=O)C1CCN(S(=O)(=O)[C@H]2CCN2C)CC1. The monoisotopic (exact) mass is 375 g/mol. The molecule has 0 aromatic rings. The Hall–Kier alpha value is -1.19. The van der Waals surface area contributed by atoms with Crippen LogP contribution in [0.4, 0.5) is 0 Å². The maximum absolute atomic E-state index is 12.6. The normalized spacial score (nSPS) is 24.8. The highest BCUT2D eigenvalue weighted by atomic mass is 32.2. The number of carbonyl (C=O) groups is 2. The third-order valence-corrected chi connectivity index (χ3v) is 7.74. The molecule has 8 nitrogen and oxygen atoms in total. The third kappa shape index (κ3) is 3.98. The van der Waals surface area contributed by atoms with Gasteiger partial charge in [0.25, 0.3) is 0 Å². The summed E-state index contributed by atoms with van der Waals surface area (Å²) in [5, 5.41) is 8.90. The molecule has 2 atom stereocenters. The lowest BCUT2D eigenvalue weighted by Gasteiger charge is -2.42. The molecule has 0 spiro atoms. The molecule has 1 amide bonds. The molecule has 2 saturated heterocycles. The van der Waals surface area contributed by atoms with Gasteiger partial charge in [0.15, 0.2) is 0 Å². The van der Waals surface area contributed by atoms with Gasteiger partial charge in [-0.25, -0.2) is 17.5 Å². The van der Waals surface area contributed by atoms with E-state index in [1.807, 2.05) is 4.90 Å². The van der Waals surface area contributed by atoms with Crippen molar-refractivity contribution in [3.8, 4) is 0 Å². The number of carboxylic acid groups (broad SMARTS) is 1. The lowest BCUT2D eigenvalue weighted by Crippen LogP contribution is -2.56. The van der Waals surface area contributed by atoms with Crippen molar-refractivity contribution in [2.24, 2.45) is 11.8 Å². The fourth-order valence-corrected chi connectivity index (χ4v) is 5.75. The number of rotatable bonds is 6. The standard InChI is InChI=1S/C16H29N3O5S/c1-11(2)14(16(21)22)18(4)15(20)12-5-9-19(10-6-12)25(23,24)13-7-8-17(13)3/h11-14H,5-10H2,1-4H3,(H,21,22)/t13-,14?/m0/s1. The molecule has 0 radical (unpaired) electrons. The summed E-state index contributed by atoms with van der Waals surface area (Å²) in [4.78, 5) is 27.2. The Bertz CT molecular complexity index is 613. The Morgan fingerprint density at radius 1 is 1.12 bits per heavy atom. The lowest BCUT2D eigenvalue weighted by molar-refractivity contribution is -0.153. The maximum atomic E-state index is 12.6. The molecule has 144 valence electrons. The van der Waals surface area contributed by atoms with Crippen LogP contribution < -0.4 is 0 Å². The first-order valence-corrected chi connectivity index (χ1v) is 10.3. The molecule has 0 bridgehead atoms. The lowest BCUT2D eigenvalue weighted by atomic mass is 9.94. The molecular weight excluding hydrogens is 346 g/mol. The van der Waals surface area contributed by atoms with Gasteiger partial charge in [0.1, 0.15) is 11.4 Å². The Kier molecular flexibility index (Phi) is 6.11. The number of hydrogen-bond donors (Lipinski definition) is 1. The van der Waals surface area contributed by atoms with Crippen LogP contribution in [0.25, 0.3) is 0 Å². The molecule has 0 aromatic carbocycles. The summed E-state index contributed by atoms with van der Waals surface area (Å²) in [5.41, 5.74) is 0. The summed E-state index contributed by atoms with van der Waals surface area (Å²) in [6.07, 6.45) is 1.52. The van der Waals surface area contributed by atoms with Crippen molar-refractivity contribution in [1.29, 1.82) is 0 Å². The summed E-state index contributed by atoms with van der Waals surface area (Å²) in [6.45, 7) is 4.96. The number of nitrogens with zero attached hydrogens (tertiary/aromatic N) is 3. The molecule has 1 N–H and O–H groups in total. The molecule has 0 saturated carbocycles. The number of piperidine rings is 1. The number of hydrogen-bond acceptors (Lipinski definition) is 5. The number of amides is 1. The summed E-state index contributed by atoms with van der Waals surface area (Å²) in [5.74, 6) is -1.74. The first kappa shape index (κ1) is 20.1. The number of sulfonamides is 1. The second kappa shape index (κ2) is 7.59. The van der Waals surface area contributed by atoms with E-state index < -0.39 is 27.4 Å². The highest BCUT2D eigenvalue weighted by molar-refractivity contribution is 7.89. The van der Waals surface area contributed by atoms with Gasteiger partial charge in [-0.3, -0.25) is 9.69 Å². The van der Waals surface area contributed by atoms with Crippen molar-refractivity contribution in [3.05, 3.63) is 0 Å². The van der Waals surface area contributed by atoms with Crippen LogP contribution in [0.15, 0.2) is 0 Å². The zero-order valence-electron chi connectivity index (χ0n) is 15.4. The largest absolute Gasteiger partial charge is 0.480 e. The highest BCUT2D eigenvalue weighted by Gasteiger charge is 2.42. The van der Waals surface area contributed by atoms with Gasteiger partial charge < -0.3 is 10.0 Å². The van der Waals surface area contributed by atoms with Crippen LogP contribution in [-0.2, 0) is 19.6 Å². The molecular formula is C16H29N3O5S. The van der Waals surface area contributed by atoms with Crippen molar-refractivity contribution in [3.63, 3.8) is 0 Å². The molecule has 2 aliphatic rings. The summed E-state index contributed by atoms with van der Waals surface area (Å²) >= 11 is 0. The van der Waals surface area contributed by atoms with Crippen molar-refractivity contribution in [2.75, 3.05) is 33.7 Å². The summed E-state index contributed by atoms with van der Waals surface area (Å²) in [6, 6.07) is -0.863. The molecule has 2 heterocycles. The number of carbonyl (C=O) groups excluding carboxylic acids is 1. The topological polar surface area (TPSA) is 98.2 Å². The average molecular weight is 375 g/mol. The smallest absolute Gasteiger partial charge is 0.326 e. The van der Waals surface area contributed by atoms with Gasteiger partial charge in [0.05, 0.1) is 0 Å². The number of carboxylic acids is 1. The summed E-state index contributed by atoms with van der Waals surface area (Å²) < 4.78 is 26.7. The van der Waals surface area contributed by atoms with E-state index >= 15 is 0 Å². The summed E-state index contributed by atoms with van der Waals surface area (Å²) in [7, 11) is -0.0249. The molecule has 0 aromatic heterocycles. The fourth-order valence-electron chi connectivity index (χ4n) is 3.72. The van der Waals surface area contributed by atoms with Gasteiger partial charge in [0, 0.05) is 32.6 Å². The van der Waals surface area contributed by atoms with Gasteiger partial charge in [0.2, 0.25) is 15.9 Å². The first-order chi connectivity index (χ1) is 11.6. The zero-order valence-corrected chi connectivity index (χ0v) is 16.2. The Labute approximate surface area is 149 Å². The number of aliphatic carboxylic acids is 1. The predicted octanol–water partition coefficient (Wildman–Crippen LogP) is 0.257. The van der Waals surface area contributed by atoms with Crippen molar-refractivity contribution in [2.45, 2.75) is 44.5 Å². The average Bonchev–Trinajstić information content (AvgIpc) is 2.51. The Morgan fingerprint density at radius 3 is 2.04 bits per heavy atom. The van der Waals surface area contributed by atoms with Gasteiger partial charge in [-0.05, 0) is 32.2 Å². The minimum Gasteiger partial charge on any atom is -0.480 e. The minimum atomic E-state index is -3.35. The van der Waals surface area contributed by atoms with E-state index in [-0.39, 0.29) is 17.7 Å². The van der Waals surface area contributed by atoms with Crippen LogP contribution in [0.1, 0.15) is 33.1 Å². The molecule has 2 aliphatic heterocycles. The zero-order chi connectivity index (χ0) is 18.9. The van der Waals surface area contributed by atoms with Crippen LogP contribution in [0, 0.1) is 11.8 Å². The van der Waals surface area contributed by atoms with Gasteiger partial charge in [-0.1, -0.05) is 13.8 Å². The molecule has 1 unspecified atom stereocenters. The first-order valence-electron chi connectivity index (χ1n) is 8.76. The predicted molar refractivity (Wildman–Crippen MR) is 93.3 cm³/mol. The van der Waals surface area contributed by atoms with E-state index in [2.05, 4.69) is 0 Å². The molecule has 9 heteroatoms. The molecule has 2 rings (SSSR count). The fraction of sp³-hybridized carbons (Fsp3) is 0.875. The van der Waals surface area contributed by atoms with Crippen molar-refractivity contribution >= 4 is 21.9 Å². The van der Waals surface area contributed by atoms with Gasteiger partial charge >= 0.3 is 5.97 Å². The van der Waals surface area contributed by atoms with Crippen LogP contribution >= 0.6 is 0 Å². The van der Waals surface area contributed by atoms with Gasteiger partial charge in [-0.2, -0.15) is 0 Å². The molecule has 2 fully saturated rings. The minimum absolute atomic E-state index is 0.193. The molecule has 25 heavy (non-hydrogen) atoms. The number of likely N-dealkylation sites (N-methyl/N-ethyl adjacent to an activating group) is 1. The molecule has 0 aliphatic carbocycles. The second-order valence-electron chi connectivity index (χ2n) is 7.42. The van der Waals surface area contributed by atoms with Gasteiger partial charge in [-0.15, -0.1) is 0 Å². The Morgan fingerprint density at radius 2 is 1.68 bits per heavy atom. The van der Waals surface area contributed by atoms with Crippen LogP contribution in [-0.4, -0.2) is 84.7 Å². The van der Waals surface area contributed by atoms with Crippen molar-refractivity contribution < 1.29 is 23.1 Å². The van der Waals surface area contributed by atoms with E-state index in [1.54, 1.807) is 20.9 Å². The van der Waals surface area contributed by atoms with Crippen LogP contribution in [0.3, 0.4) is 0 Å². The van der Waals surface area contributed by atoms with E-state index in [1.165, 1.54) is 16.3 Å².